The van der Waals surface area contributed by atoms with Gasteiger partial charge in [-0.2, -0.15) is 0 Å². The first kappa shape index (κ1) is 8.83. The lowest BCUT2D eigenvalue weighted by atomic mass is 10.1. The summed E-state index contributed by atoms with van der Waals surface area (Å²) in [5.74, 6) is 1.74. The van der Waals surface area contributed by atoms with Gasteiger partial charge in [0.05, 0.1) is 0 Å². The normalized spacial score (nSPS) is 15.8. The maximum absolute atomic E-state index is 5.29. The van der Waals surface area contributed by atoms with Crippen LogP contribution >= 0.6 is 9.24 Å². The molecule has 0 N–H and O–H groups in total. The first-order valence-corrected chi connectivity index (χ1v) is 5.06. The molecule has 0 aromatic heterocycles. The lowest BCUT2D eigenvalue weighted by Gasteiger charge is -2.05. The first-order chi connectivity index (χ1) is 6.25. The second-order valence-electron chi connectivity index (χ2n) is 3.37. The standard InChI is InChI=1S/C10H13O2P/c1-7(13)4-8-2-3-9-10(5-8)12-6-11-9/h2-3,5,7H,4,6,13H2,1H3. The third-order valence-corrected chi connectivity index (χ3v) is 2.23. The predicted octanol–water partition coefficient (Wildman–Crippen LogP) is 2.22. The van der Waals surface area contributed by atoms with E-state index in [0.29, 0.717) is 12.5 Å². The molecule has 1 heterocycles. The van der Waals surface area contributed by atoms with Crippen molar-refractivity contribution in [3.05, 3.63) is 23.8 Å². The average molecular weight is 196 g/mol. The molecule has 0 aliphatic carbocycles. The number of rotatable bonds is 2. The summed E-state index contributed by atoms with van der Waals surface area (Å²) >= 11 is 0. The lowest BCUT2D eigenvalue weighted by Crippen LogP contribution is -1.95. The number of fused-ring (bicyclic) bond motifs is 1. The monoisotopic (exact) mass is 196 g/mol. The van der Waals surface area contributed by atoms with Crippen molar-refractivity contribution in [2.45, 2.75) is 19.0 Å². The van der Waals surface area contributed by atoms with Crippen molar-refractivity contribution in [2.75, 3.05) is 6.79 Å². The van der Waals surface area contributed by atoms with Gasteiger partial charge in [-0.15, -0.1) is 9.24 Å². The van der Waals surface area contributed by atoms with Gasteiger partial charge in [-0.1, -0.05) is 13.0 Å². The van der Waals surface area contributed by atoms with E-state index in [4.69, 9.17) is 9.47 Å². The predicted molar refractivity (Wildman–Crippen MR) is 55.4 cm³/mol. The zero-order valence-corrected chi connectivity index (χ0v) is 8.77. The fourth-order valence-electron chi connectivity index (χ4n) is 1.44. The van der Waals surface area contributed by atoms with Crippen molar-refractivity contribution in [2.24, 2.45) is 0 Å². The molecule has 1 aromatic carbocycles. The van der Waals surface area contributed by atoms with Gasteiger partial charge in [0.25, 0.3) is 0 Å². The van der Waals surface area contributed by atoms with Crippen LogP contribution in [0.1, 0.15) is 12.5 Å². The van der Waals surface area contributed by atoms with Crippen LogP contribution in [0.25, 0.3) is 0 Å². The Bertz CT molecular complexity index is 310. The van der Waals surface area contributed by atoms with E-state index >= 15 is 0 Å². The molecule has 70 valence electrons. The summed E-state index contributed by atoms with van der Waals surface area (Å²) in [7, 11) is 2.79. The van der Waals surface area contributed by atoms with Crippen LogP contribution in [0.2, 0.25) is 0 Å². The van der Waals surface area contributed by atoms with E-state index in [1.807, 2.05) is 6.07 Å². The van der Waals surface area contributed by atoms with E-state index in [-0.39, 0.29) is 0 Å². The summed E-state index contributed by atoms with van der Waals surface area (Å²) < 4.78 is 10.5. The fourth-order valence-corrected chi connectivity index (χ4v) is 1.71. The molecule has 3 heteroatoms. The van der Waals surface area contributed by atoms with Crippen LogP contribution in [0.15, 0.2) is 18.2 Å². The van der Waals surface area contributed by atoms with Gasteiger partial charge >= 0.3 is 0 Å². The highest BCUT2D eigenvalue weighted by atomic mass is 31.0. The smallest absolute Gasteiger partial charge is 0.231 e. The number of benzene rings is 1. The summed E-state index contributed by atoms with van der Waals surface area (Å²) in [6.45, 7) is 2.53. The summed E-state index contributed by atoms with van der Waals surface area (Å²) in [5.41, 5.74) is 1.90. The van der Waals surface area contributed by atoms with E-state index < -0.39 is 0 Å². The van der Waals surface area contributed by atoms with Gasteiger partial charge in [-0.3, -0.25) is 0 Å². The molecule has 0 radical (unpaired) electrons. The van der Waals surface area contributed by atoms with Crippen molar-refractivity contribution in [1.29, 1.82) is 0 Å². The molecule has 0 spiro atoms. The van der Waals surface area contributed by atoms with Crippen molar-refractivity contribution in [3.63, 3.8) is 0 Å². The molecule has 1 aliphatic heterocycles. The van der Waals surface area contributed by atoms with Crippen molar-refractivity contribution in [1.82, 2.24) is 0 Å². The van der Waals surface area contributed by atoms with Crippen LogP contribution in [-0.2, 0) is 6.42 Å². The number of hydrogen-bond donors (Lipinski definition) is 0. The van der Waals surface area contributed by atoms with E-state index in [1.165, 1.54) is 5.56 Å². The van der Waals surface area contributed by atoms with Crippen molar-refractivity contribution < 1.29 is 9.47 Å². The summed E-state index contributed by atoms with van der Waals surface area (Å²) in [4.78, 5) is 0. The molecule has 1 aromatic rings. The van der Waals surface area contributed by atoms with Crippen LogP contribution in [0.5, 0.6) is 11.5 Å². The molecular formula is C10H13O2P. The fraction of sp³-hybridized carbons (Fsp3) is 0.400. The Morgan fingerprint density at radius 1 is 1.38 bits per heavy atom. The van der Waals surface area contributed by atoms with Gasteiger partial charge in [0.2, 0.25) is 6.79 Å². The molecule has 13 heavy (non-hydrogen) atoms. The van der Waals surface area contributed by atoms with E-state index in [0.717, 1.165) is 17.9 Å². The van der Waals surface area contributed by atoms with Gasteiger partial charge in [-0.05, 0) is 29.8 Å². The van der Waals surface area contributed by atoms with Crippen LogP contribution < -0.4 is 9.47 Å². The first-order valence-electron chi connectivity index (χ1n) is 4.40. The molecule has 2 nitrogen and oxygen atoms in total. The topological polar surface area (TPSA) is 18.5 Å². The Labute approximate surface area is 80.4 Å². The minimum atomic E-state index is 0.356. The van der Waals surface area contributed by atoms with Crippen molar-refractivity contribution in [3.8, 4) is 11.5 Å². The second kappa shape index (κ2) is 3.55. The number of ether oxygens (including phenoxy) is 2. The molecule has 0 amide bonds. The Hall–Kier alpha value is -0.750. The van der Waals surface area contributed by atoms with Gasteiger partial charge < -0.3 is 9.47 Å². The van der Waals surface area contributed by atoms with E-state index in [2.05, 4.69) is 28.3 Å². The largest absolute Gasteiger partial charge is 0.454 e. The third kappa shape index (κ3) is 1.94. The minimum absolute atomic E-state index is 0.356. The summed E-state index contributed by atoms with van der Waals surface area (Å²) in [5, 5.41) is 0. The molecular weight excluding hydrogens is 183 g/mol. The highest BCUT2D eigenvalue weighted by molar-refractivity contribution is 7.17. The van der Waals surface area contributed by atoms with Gasteiger partial charge in [0.1, 0.15) is 0 Å². The summed E-state index contributed by atoms with van der Waals surface area (Å²) in [6, 6.07) is 6.13. The molecule has 2 atom stereocenters. The molecule has 2 unspecified atom stereocenters. The van der Waals surface area contributed by atoms with Crippen LogP contribution in [0, 0.1) is 0 Å². The summed E-state index contributed by atoms with van der Waals surface area (Å²) in [6.07, 6.45) is 1.06. The average Bonchev–Trinajstić information content (AvgIpc) is 2.49. The highest BCUT2D eigenvalue weighted by Gasteiger charge is 2.13. The molecule has 0 fully saturated rings. The van der Waals surface area contributed by atoms with Crippen LogP contribution in [-0.4, -0.2) is 12.5 Å². The Balaban J connectivity index is 2.21. The van der Waals surface area contributed by atoms with Gasteiger partial charge in [0.15, 0.2) is 11.5 Å². The van der Waals surface area contributed by atoms with Crippen molar-refractivity contribution >= 4 is 9.24 Å². The zero-order chi connectivity index (χ0) is 9.26. The van der Waals surface area contributed by atoms with Gasteiger partial charge in [0, 0.05) is 0 Å². The second-order valence-corrected chi connectivity index (χ2v) is 4.51. The van der Waals surface area contributed by atoms with E-state index in [9.17, 15) is 0 Å². The maximum Gasteiger partial charge on any atom is 0.231 e. The Morgan fingerprint density at radius 3 is 2.92 bits per heavy atom. The quantitative estimate of drug-likeness (QED) is 0.675. The SMILES string of the molecule is CC(P)Cc1ccc2c(c1)OCO2. The Morgan fingerprint density at radius 2 is 2.15 bits per heavy atom. The zero-order valence-electron chi connectivity index (χ0n) is 7.62. The van der Waals surface area contributed by atoms with E-state index in [1.54, 1.807) is 0 Å². The molecule has 2 rings (SSSR count). The molecule has 0 bridgehead atoms. The molecule has 0 saturated heterocycles. The van der Waals surface area contributed by atoms with Crippen LogP contribution in [0.3, 0.4) is 0 Å². The Kier molecular flexibility index (Phi) is 2.41. The minimum Gasteiger partial charge on any atom is -0.454 e. The number of hydrogen-bond acceptors (Lipinski definition) is 2. The van der Waals surface area contributed by atoms with Crippen LogP contribution in [0.4, 0.5) is 0 Å². The third-order valence-electron chi connectivity index (χ3n) is 1.99. The molecule has 1 aliphatic rings. The highest BCUT2D eigenvalue weighted by Crippen LogP contribution is 2.32. The van der Waals surface area contributed by atoms with Gasteiger partial charge in [-0.25, -0.2) is 0 Å². The maximum atomic E-state index is 5.29. The molecule has 0 saturated carbocycles. The lowest BCUT2D eigenvalue weighted by molar-refractivity contribution is 0.174.